The van der Waals surface area contributed by atoms with Crippen molar-refractivity contribution in [3.8, 4) is 5.75 Å². The minimum absolute atomic E-state index is 0.683. The maximum atomic E-state index is 9.67. The van der Waals surface area contributed by atoms with Gasteiger partial charge in [-0.25, -0.2) is 4.98 Å². The first kappa shape index (κ1) is 17.1. The summed E-state index contributed by atoms with van der Waals surface area (Å²) >= 11 is 0. The average Bonchev–Trinajstić information content (AvgIpc) is 2.85. The second-order valence-corrected chi connectivity index (χ2v) is 4.45. The largest absolute Gasteiger partial charge is 0.762 e. The van der Waals surface area contributed by atoms with Crippen LogP contribution in [-0.4, -0.2) is 19.6 Å². The summed E-state index contributed by atoms with van der Waals surface area (Å²) in [5.41, 5.74) is 7.40. The highest BCUT2D eigenvalue weighted by molar-refractivity contribution is 6.33. The molecule has 1 aromatic heterocycles. The van der Waals surface area contributed by atoms with E-state index in [0.29, 0.717) is 5.76 Å². The summed E-state index contributed by atoms with van der Waals surface area (Å²) in [6.07, 6.45) is 1.42. The van der Waals surface area contributed by atoms with Crippen LogP contribution < -0.4 is 10.5 Å². The Balaban J connectivity index is 0.000000491. The molecule has 1 aromatic carbocycles. The maximum absolute atomic E-state index is 9.67. The van der Waals surface area contributed by atoms with Crippen molar-refractivity contribution < 1.29 is 22.1 Å². The summed E-state index contributed by atoms with van der Waals surface area (Å²) in [6.45, 7) is 3.79. The smallest absolute Gasteiger partial charge is 0.497 e. The van der Waals surface area contributed by atoms with Gasteiger partial charge in [-0.2, -0.15) is 0 Å². The van der Waals surface area contributed by atoms with Crippen LogP contribution >= 0.6 is 0 Å². The molecule has 0 fully saturated rings. The Morgan fingerprint density at radius 2 is 1.76 bits per heavy atom. The minimum atomic E-state index is -3.67. The quantitative estimate of drug-likeness (QED) is 0.885. The zero-order valence-corrected chi connectivity index (χ0v) is 11.9. The number of oxazole rings is 1. The second-order valence-electron chi connectivity index (χ2n) is 4.45. The lowest BCUT2D eigenvalue weighted by Crippen LogP contribution is -2.34. The number of hydrogen-bond donors (Lipinski definition) is 1. The van der Waals surface area contributed by atoms with E-state index in [0.717, 1.165) is 17.0 Å². The van der Waals surface area contributed by atoms with Crippen LogP contribution in [0.5, 0.6) is 5.75 Å². The maximum Gasteiger partial charge on any atom is 0.762 e. The Morgan fingerprint density at radius 1 is 1.24 bits per heavy atom. The van der Waals surface area contributed by atoms with Crippen molar-refractivity contribution in [2.75, 3.05) is 7.11 Å². The van der Waals surface area contributed by atoms with Gasteiger partial charge in [0.25, 0.3) is 0 Å². The lowest BCUT2D eigenvalue weighted by molar-refractivity contribution is 0.406. The Morgan fingerprint density at radius 3 is 2.14 bits per heavy atom. The molecule has 0 aliphatic heterocycles. The molecule has 0 aliphatic carbocycles. The number of nitrogens with zero attached hydrogens (tertiary/aromatic N) is 1. The summed E-state index contributed by atoms with van der Waals surface area (Å²) in [5, 5.41) is 0. The normalized spacial score (nSPS) is 12.9. The molecule has 114 valence electrons. The zero-order chi connectivity index (χ0) is 16.0. The van der Waals surface area contributed by atoms with Gasteiger partial charge >= 0.3 is 7.54 Å². The lowest BCUT2D eigenvalue weighted by Gasteiger charge is -2.23. The molecule has 1 heterocycles. The van der Waals surface area contributed by atoms with Gasteiger partial charge in [-0.05, 0) is 31.5 Å². The lowest BCUT2D eigenvalue weighted by atomic mass is 9.89. The molecule has 0 bridgehead atoms. The van der Waals surface area contributed by atoms with Crippen molar-refractivity contribution >= 4 is 7.54 Å². The SMILES string of the molecule is COc1ccc(C(C)(N)c2ocnc2C)cc1.FB(F)F. The number of methoxy groups -OCH3 is 1. The van der Waals surface area contributed by atoms with Gasteiger partial charge < -0.3 is 14.9 Å². The molecule has 8 heteroatoms. The van der Waals surface area contributed by atoms with Crippen LogP contribution in [0.2, 0.25) is 0 Å². The van der Waals surface area contributed by atoms with Crippen molar-refractivity contribution in [2.24, 2.45) is 5.73 Å². The van der Waals surface area contributed by atoms with E-state index in [1.807, 2.05) is 38.1 Å². The van der Waals surface area contributed by atoms with Crippen LogP contribution in [0.4, 0.5) is 12.9 Å². The van der Waals surface area contributed by atoms with Gasteiger partial charge in [0, 0.05) is 0 Å². The fourth-order valence-electron chi connectivity index (χ4n) is 1.87. The number of benzene rings is 1. The van der Waals surface area contributed by atoms with Crippen molar-refractivity contribution in [1.29, 1.82) is 0 Å². The number of nitrogens with two attached hydrogens (primary N) is 1. The predicted molar refractivity (Wildman–Crippen MR) is 74.0 cm³/mol. The van der Waals surface area contributed by atoms with Crippen molar-refractivity contribution in [3.63, 3.8) is 0 Å². The molecule has 0 saturated heterocycles. The highest BCUT2D eigenvalue weighted by Gasteiger charge is 2.29. The fraction of sp³-hybridized carbons (Fsp3) is 0.308. The van der Waals surface area contributed by atoms with Crippen molar-refractivity contribution in [3.05, 3.63) is 47.7 Å². The first-order chi connectivity index (χ1) is 9.78. The third kappa shape index (κ3) is 4.52. The van der Waals surface area contributed by atoms with E-state index in [9.17, 15) is 12.9 Å². The number of hydrogen-bond acceptors (Lipinski definition) is 4. The van der Waals surface area contributed by atoms with Gasteiger partial charge in [-0.3, -0.25) is 12.9 Å². The number of aryl methyl sites for hydroxylation is 1. The van der Waals surface area contributed by atoms with Gasteiger partial charge in [0.2, 0.25) is 0 Å². The van der Waals surface area contributed by atoms with Crippen molar-refractivity contribution in [2.45, 2.75) is 19.4 Å². The van der Waals surface area contributed by atoms with Crippen LogP contribution in [0.15, 0.2) is 35.1 Å². The molecule has 2 aromatic rings. The summed E-state index contributed by atoms with van der Waals surface area (Å²) in [4.78, 5) is 4.07. The number of ether oxygens (including phenoxy) is 1. The van der Waals surface area contributed by atoms with Crippen LogP contribution in [0.25, 0.3) is 0 Å². The van der Waals surface area contributed by atoms with Gasteiger partial charge in [-0.15, -0.1) is 0 Å². The van der Waals surface area contributed by atoms with Crippen LogP contribution in [0, 0.1) is 6.92 Å². The fourth-order valence-corrected chi connectivity index (χ4v) is 1.87. The molecule has 0 aliphatic rings. The van der Waals surface area contributed by atoms with E-state index >= 15 is 0 Å². The molecule has 0 spiro atoms. The summed E-state index contributed by atoms with van der Waals surface area (Å²) in [7, 11) is -2.03. The highest BCUT2D eigenvalue weighted by atomic mass is 19.4. The molecule has 1 unspecified atom stereocenters. The Labute approximate surface area is 121 Å². The van der Waals surface area contributed by atoms with E-state index in [1.54, 1.807) is 7.11 Å². The van der Waals surface area contributed by atoms with Gasteiger partial charge in [0.1, 0.15) is 5.75 Å². The number of halogens is 3. The first-order valence-electron chi connectivity index (χ1n) is 6.05. The van der Waals surface area contributed by atoms with E-state index in [-0.39, 0.29) is 0 Å². The predicted octanol–water partition coefficient (Wildman–Crippen LogP) is 3.09. The third-order valence-electron chi connectivity index (χ3n) is 2.91. The summed E-state index contributed by atoms with van der Waals surface area (Å²) in [5.74, 6) is 1.49. The molecule has 0 saturated carbocycles. The topological polar surface area (TPSA) is 61.3 Å². The molecule has 4 nitrogen and oxygen atoms in total. The van der Waals surface area contributed by atoms with E-state index in [4.69, 9.17) is 14.9 Å². The Hall–Kier alpha value is -1.96. The van der Waals surface area contributed by atoms with E-state index in [2.05, 4.69) is 4.98 Å². The van der Waals surface area contributed by atoms with Crippen LogP contribution in [0.1, 0.15) is 23.9 Å². The minimum Gasteiger partial charge on any atom is -0.497 e. The average molecular weight is 300 g/mol. The first-order valence-corrected chi connectivity index (χ1v) is 6.05. The standard InChI is InChI=1S/C13H16N2O2.BF3/c1-9-12(17-8-15-9)13(2,14)10-4-6-11(16-3)7-5-10;2-1(3)4/h4-8H,14H2,1-3H3;. The summed E-state index contributed by atoms with van der Waals surface area (Å²) < 4.78 is 39.5. The van der Waals surface area contributed by atoms with Gasteiger partial charge in [0.05, 0.1) is 18.3 Å². The van der Waals surface area contributed by atoms with Crippen molar-refractivity contribution in [1.82, 2.24) is 4.98 Å². The van der Waals surface area contributed by atoms with E-state index < -0.39 is 13.1 Å². The number of rotatable bonds is 3. The Bertz CT molecular complexity index is 556. The number of aromatic nitrogens is 1. The Kier molecular flexibility index (Phi) is 5.84. The molecule has 21 heavy (non-hydrogen) atoms. The van der Waals surface area contributed by atoms with E-state index in [1.165, 1.54) is 6.39 Å². The molecule has 2 rings (SSSR count). The summed E-state index contributed by atoms with van der Waals surface area (Å²) in [6, 6.07) is 7.62. The molecular weight excluding hydrogens is 284 g/mol. The van der Waals surface area contributed by atoms with Gasteiger partial charge in [-0.1, -0.05) is 12.1 Å². The molecular formula is C13H16BF3N2O2. The van der Waals surface area contributed by atoms with Crippen LogP contribution in [0.3, 0.4) is 0 Å². The highest BCUT2D eigenvalue weighted by Crippen LogP contribution is 2.29. The molecule has 0 amide bonds. The molecule has 0 radical (unpaired) electrons. The monoisotopic (exact) mass is 300 g/mol. The zero-order valence-electron chi connectivity index (χ0n) is 11.9. The molecule has 2 N–H and O–H groups in total. The van der Waals surface area contributed by atoms with Crippen LogP contribution in [-0.2, 0) is 5.54 Å². The van der Waals surface area contributed by atoms with Gasteiger partial charge in [0.15, 0.2) is 12.2 Å². The third-order valence-corrected chi connectivity index (χ3v) is 2.91. The second kappa shape index (κ2) is 7.17. The molecule has 1 atom stereocenters.